The molecule has 2 aromatic rings. The van der Waals surface area contributed by atoms with Crippen molar-refractivity contribution in [3.63, 3.8) is 0 Å². The van der Waals surface area contributed by atoms with Gasteiger partial charge in [-0.3, -0.25) is 9.78 Å². The predicted octanol–water partition coefficient (Wildman–Crippen LogP) is 1.83. The van der Waals surface area contributed by atoms with Crippen LogP contribution >= 0.6 is 0 Å². The Labute approximate surface area is 163 Å². The lowest BCUT2D eigenvalue weighted by Crippen LogP contribution is -2.51. The molecule has 1 saturated heterocycles. The summed E-state index contributed by atoms with van der Waals surface area (Å²) >= 11 is 0. The van der Waals surface area contributed by atoms with E-state index in [4.69, 9.17) is 14.2 Å². The van der Waals surface area contributed by atoms with Crippen LogP contribution in [-0.4, -0.2) is 59.4 Å². The first-order chi connectivity index (χ1) is 13.7. The van der Waals surface area contributed by atoms with E-state index in [1.807, 2.05) is 30.3 Å². The number of aliphatic hydroxyl groups is 1. The monoisotopic (exact) mass is 384 g/mol. The molecule has 0 bridgehead atoms. The molecule has 3 heterocycles. The van der Waals surface area contributed by atoms with Crippen molar-refractivity contribution in [3.05, 3.63) is 48.3 Å². The highest BCUT2D eigenvalue weighted by molar-refractivity contribution is 5.76. The van der Waals surface area contributed by atoms with Crippen LogP contribution < -0.4 is 14.2 Å². The number of carbonyl (C=O) groups excluding carboxylic acids is 1. The maximum absolute atomic E-state index is 12.5. The summed E-state index contributed by atoms with van der Waals surface area (Å²) < 4.78 is 17.3. The van der Waals surface area contributed by atoms with Crippen molar-refractivity contribution in [1.29, 1.82) is 0 Å². The van der Waals surface area contributed by atoms with E-state index in [0.717, 1.165) is 5.56 Å². The standard InChI is InChI=1S/C21H24N2O5/c24-16-14-23(20(25)7-6-15-3-2-9-22-13-15)10-8-17(16)28-19-5-1-4-18-21(19)27-12-11-26-18/h1-5,9,13,16-17,24H,6-8,10-12,14H2/t16-,17-/m1/s1. The quantitative estimate of drug-likeness (QED) is 0.847. The number of piperidine rings is 1. The summed E-state index contributed by atoms with van der Waals surface area (Å²) in [5.74, 6) is 1.84. The summed E-state index contributed by atoms with van der Waals surface area (Å²) in [6, 6.07) is 9.31. The normalized spacial score (nSPS) is 21.2. The summed E-state index contributed by atoms with van der Waals surface area (Å²) in [5.41, 5.74) is 1.03. The fourth-order valence-electron chi connectivity index (χ4n) is 3.53. The Morgan fingerprint density at radius 3 is 2.96 bits per heavy atom. The van der Waals surface area contributed by atoms with Gasteiger partial charge in [-0.25, -0.2) is 0 Å². The van der Waals surface area contributed by atoms with E-state index in [1.165, 1.54) is 0 Å². The molecule has 2 atom stereocenters. The summed E-state index contributed by atoms with van der Waals surface area (Å²) in [6.45, 7) is 1.81. The molecule has 2 aliphatic heterocycles. The van der Waals surface area contributed by atoms with Gasteiger partial charge in [0.1, 0.15) is 25.4 Å². The average molecular weight is 384 g/mol. The highest BCUT2D eigenvalue weighted by atomic mass is 16.6. The molecule has 1 fully saturated rings. The number of para-hydroxylation sites is 1. The van der Waals surface area contributed by atoms with Gasteiger partial charge in [-0.15, -0.1) is 0 Å². The van der Waals surface area contributed by atoms with Crippen molar-refractivity contribution in [2.24, 2.45) is 0 Å². The van der Waals surface area contributed by atoms with Crippen LogP contribution in [0.4, 0.5) is 0 Å². The van der Waals surface area contributed by atoms with Crippen LogP contribution in [0.15, 0.2) is 42.7 Å². The van der Waals surface area contributed by atoms with Crippen molar-refractivity contribution >= 4 is 5.91 Å². The number of pyridine rings is 1. The number of carbonyl (C=O) groups is 1. The Bertz CT molecular complexity index is 814. The Hall–Kier alpha value is -2.80. The van der Waals surface area contributed by atoms with Gasteiger partial charge >= 0.3 is 0 Å². The second-order valence-corrected chi connectivity index (χ2v) is 6.99. The van der Waals surface area contributed by atoms with E-state index in [-0.39, 0.29) is 18.6 Å². The van der Waals surface area contributed by atoms with Gasteiger partial charge in [-0.2, -0.15) is 0 Å². The van der Waals surface area contributed by atoms with E-state index in [0.29, 0.717) is 56.3 Å². The molecule has 1 aromatic heterocycles. The minimum absolute atomic E-state index is 0.0372. The molecule has 0 spiro atoms. The molecule has 0 saturated carbocycles. The van der Waals surface area contributed by atoms with E-state index >= 15 is 0 Å². The molecule has 0 unspecified atom stereocenters. The van der Waals surface area contributed by atoms with Gasteiger partial charge in [0.15, 0.2) is 11.5 Å². The second-order valence-electron chi connectivity index (χ2n) is 6.99. The third-order valence-electron chi connectivity index (χ3n) is 5.03. The number of hydrogen-bond acceptors (Lipinski definition) is 6. The molecule has 7 heteroatoms. The Morgan fingerprint density at radius 1 is 1.25 bits per heavy atom. The van der Waals surface area contributed by atoms with Crippen LogP contribution in [0, 0.1) is 0 Å². The molecule has 1 aromatic carbocycles. The zero-order chi connectivity index (χ0) is 19.3. The third kappa shape index (κ3) is 4.20. The molecule has 4 rings (SSSR count). The number of ether oxygens (including phenoxy) is 3. The lowest BCUT2D eigenvalue weighted by Gasteiger charge is -2.36. The molecule has 28 heavy (non-hydrogen) atoms. The zero-order valence-corrected chi connectivity index (χ0v) is 15.6. The third-order valence-corrected chi connectivity index (χ3v) is 5.03. The lowest BCUT2D eigenvalue weighted by atomic mass is 10.0. The fraction of sp³-hybridized carbons (Fsp3) is 0.429. The number of fused-ring (bicyclic) bond motifs is 1. The Balaban J connectivity index is 1.32. The van der Waals surface area contributed by atoms with Gasteiger partial charge in [0.2, 0.25) is 11.7 Å². The molecule has 1 amide bonds. The molecular weight excluding hydrogens is 360 g/mol. The predicted molar refractivity (Wildman–Crippen MR) is 102 cm³/mol. The minimum atomic E-state index is -0.753. The lowest BCUT2D eigenvalue weighted by molar-refractivity contribution is -0.137. The van der Waals surface area contributed by atoms with Crippen molar-refractivity contribution in [2.75, 3.05) is 26.3 Å². The number of aliphatic hydroxyl groups excluding tert-OH is 1. The first-order valence-electron chi connectivity index (χ1n) is 9.61. The summed E-state index contributed by atoms with van der Waals surface area (Å²) in [6.07, 6.45) is 3.95. The smallest absolute Gasteiger partial charge is 0.222 e. The molecule has 148 valence electrons. The number of rotatable bonds is 5. The highest BCUT2D eigenvalue weighted by Gasteiger charge is 2.32. The number of β-amino-alcohol motifs (C(OH)–C–C–N with tert-alkyl or cyclic N) is 1. The maximum atomic E-state index is 12.5. The SMILES string of the molecule is O=C(CCc1cccnc1)N1CC[C@@H](Oc2cccc3c2OCCO3)[C@H](O)C1. The van der Waals surface area contributed by atoms with Gasteiger partial charge in [0, 0.05) is 31.8 Å². The first-order valence-corrected chi connectivity index (χ1v) is 9.61. The van der Waals surface area contributed by atoms with Crippen molar-refractivity contribution in [2.45, 2.75) is 31.5 Å². The van der Waals surface area contributed by atoms with E-state index in [2.05, 4.69) is 4.98 Å². The molecule has 2 aliphatic rings. The van der Waals surface area contributed by atoms with Gasteiger partial charge in [-0.1, -0.05) is 12.1 Å². The van der Waals surface area contributed by atoms with Gasteiger partial charge in [0.25, 0.3) is 0 Å². The van der Waals surface area contributed by atoms with Crippen LogP contribution in [0.2, 0.25) is 0 Å². The Morgan fingerprint density at radius 2 is 2.14 bits per heavy atom. The van der Waals surface area contributed by atoms with Crippen molar-refractivity contribution in [1.82, 2.24) is 9.88 Å². The van der Waals surface area contributed by atoms with E-state index in [9.17, 15) is 9.90 Å². The summed E-state index contributed by atoms with van der Waals surface area (Å²) in [4.78, 5) is 18.3. The minimum Gasteiger partial charge on any atom is -0.486 e. The topological polar surface area (TPSA) is 81.1 Å². The number of benzene rings is 1. The summed E-state index contributed by atoms with van der Waals surface area (Å²) in [7, 11) is 0. The number of likely N-dealkylation sites (tertiary alicyclic amines) is 1. The molecular formula is C21H24N2O5. The van der Waals surface area contributed by atoms with Crippen LogP contribution in [0.1, 0.15) is 18.4 Å². The van der Waals surface area contributed by atoms with E-state index in [1.54, 1.807) is 17.3 Å². The molecule has 7 nitrogen and oxygen atoms in total. The van der Waals surface area contributed by atoms with Gasteiger partial charge in [-0.05, 0) is 30.2 Å². The second kappa shape index (κ2) is 8.48. The maximum Gasteiger partial charge on any atom is 0.222 e. The van der Waals surface area contributed by atoms with Crippen molar-refractivity contribution < 1.29 is 24.1 Å². The van der Waals surface area contributed by atoms with Gasteiger partial charge < -0.3 is 24.2 Å². The van der Waals surface area contributed by atoms with Crippen LogP contribution in [-0.2, 0) is 11.2 Å². The van der Waals surface area contributed by atoms with Crippen molar-refractivity contribution in [3.8, 4) is 17.2 Å². The van der Waals surface area contributed by atoms with Crippen LogP contribution in [0.3, 0.4) is 0 Å². The average Bonchev–Trinajstić information content (AvgIpc) is 2.74. The van der Waals surface area contributed by atoms with Gasteiger partial charge in [0.05, 0.1) is 6.54 Å². The zero-order valence-electron chi connectivity index (χ0n) is 15.6. The molecule has 0 aliphatic carbocycles. The fourth-order valence-corrected chi connectivity index (χ4v) is 3.53. The number of hydrogen-bond donors (Lipinski definition) is 1. The van der Waals surface area contributed by atoms with E-state index < -0.39 is 6.10 Å². The largest absolute Gasteiger partial charge is 0.486 e. The van der Waals surface area contributed by atoms with Crippen LogP contribution in [0.5, 0.6) is 17.2 Å². The molecule has 0 radical (unpaired) electrons. The Kier molecular flexibility index (Phi) is 5.62. The molecule has 1 N–H and O–H groups in total. The van der Waals surface area contributed by atoms with Crippen LogP contribution in [0.25, 0.3) is 0 Å². The summed E-state index contributed by atoms with van der Waals surface area (Å²) in [5, 5.41) is 10.5. The number of amides is 1. The highest BCUT2D eigenvalue weighted by Crippen LogP contribution is 2.40. The first kappa shape index (κ1) is 18.6. The number of aryl methyl sites for hydroxylation is 1. The number of nitrogens with zero attached hydrogens (tertiary/aromatic N) is 2. The number of aromatic nitrogens is 1.